The summed E-state index contributed by atoms with van der Waals surface area (Å²) in [5.74, 6) is -0.474. The molecule has 0 radical (unpaired) electrons. The highest BCUT2D eigenvalue weighted by atomic mass is 19.1. The smallest absolute Gasteiger partial charge is 0.257 e. The Morgan fingerprint density at radius 3 is 2.65 bits per heavy atom. The van der Waals surface area contributed by atoms with Gasteiger partial charge in [-0.05, 0) is 36.5 Å². The number of piperidine rings is 1. The maximum absolute atomic E-state index is 14.9. The van der Waals surface area contributed by atoms with E-state index in [4.69, 9.17) is 4.74 Å². The Balaban J connectivity index is 1.22. The van der Waals surface area contributed by atoms with E-state index >= 15 is 0 Å². The lowest BCUT2D eigenvalue weighted by atomic mass is 10.00. The molecule has 3 aliphatic rings. The first kappa shape index (κ1) is 25.5. The van der Waals surface area contributed by atoms with E-state index in [0.717, 1.165) is 19.5 Å². The Hall–Kier alpha value is -3.17. The van der Waals surface area contributed by atoms with Gasteiger partial charge in [0.1, 0.15) is 18.2 Å². The van der Waals surface area contributed by atoms with Crippen LogP contribution in [0.4, 0.5) is 10.1 Å². The Labute approximate surface area is 217 Å². The van der Waals surface area contributed by atoms with Gasteiger partial charge in [0.25, 0.3) is 5.91 Å². The lowest BCUT2D eigenvalue weighted by Crippen LogP contribution is -2.44. The monoisotopic (exact) mass is 510 g/mol. The zero-order valence-electron chi connectivity index (χ0n) is 21.3. The quantitative estimate of drug-likeness (QED) is 0.621. The second kappa shape index (κ2) is 11.1. The number of carbonyl (C=O) groups is 2. The normalized spacial score (nSPS) is 19.5. The Morgan fingerprint density at radius 2 is 1.89 bits per heavy atom. The highest BCUT2D eigenvalue weighted by Gasteiger charge is 2.29. The number of halogens is 1. The molecule has 1 atom stereocenters. The summed E-state index contributed by atoms with van der Waals surface area (Å²) in [6.45, 7) is 5.66. The van der Waals surface area contributed by atoms with Crippen LogP contribution in [0.25, 0.3) is 0 Å². The van der Waals surface area contributed by atoms with Gasteiger partial charge < -0.3 is 25.0 Å². The fraction of sp³-hybridized carbons (Fsp3) is 0.500. The van der Waals surface area contributed by atoms with E-state index in [1.807, 2.05) is 6.07 Å². The summed E-state index contributed by atoms with van der Waals surface area (Å²) in [4.78, 5) is 30.6. The van der Waals surface area contributed by atoms with E-state index in [9.17, 15) is 19.1 Å². The molecule has 2 N–H and O–H groups in total. The minimum Gasteiger partial charge on any atom is -0.491 e. The van der Waals surface area contributed by atoms with E-state index in [-0.39, 0.29) is 42.4 Å². The van der Waals surface area contributed by atoms with Crippen LogP contribution in [0.1, 0.15) is 41.3 Å². The van der Waals surface area contributed by atoms with E-state index in [1.54, 1.807) is 16.7 Å². The largest absolute Gasteiger partial charge is 0.491 e. The topological polar surface area (TPSA) is 85.3 Å². The fourth-order valence-corrected chi connectivity index (χ4v) is 5.54. The van der Waals surface area contributed by atoms with Crippen LogP contribution < -0.4 is 10.1 Å². The first-order chi connectivity index (χ1) is 17.9. The van der Waals surface area contributed by atoms with Crippen LogP contribution in [0.5, 0.6) is 5.75 Å². The minimum atomic E-state index is -0.708. The van der Waals surface area contributed by atoms with E-state index < -0.39 is 11.9 Å². The molecule has 3 aliphatic heterocycles. The van der Waals surface area contributed by atoms with Crippen LogP contribution in [0.3, 0.4) is 0 Å². The second-order valence-electron chi connectivity index (χ2n) is 10.3. The molecule has 0 aromatic heterocycles. The molecule has 1 saturated heterocycles. The third kappa shape index (κ3) is 5.88. The van der Waals surface area contributed by atoms with Gasteiger partial charge in [0.2, 0.25) is 5.91 Å². The summed E-state index contributed by atoms with van der Waals surface area (Å²) in [6, 6.07) is 11.2. The van der Waals surface area contributed by atoms with Gasteiger partial charge in [-0.25, -0.2) is 4.39 Å². The molecule has 2 aromatic carbocycles. The van der Waals surface area contributed by atoms with E-state index in [1.165, 1.54) is 23.3 Å². The Bertz CT molecular complexity index is 1150. The standard InChI is InChI=1S/C28H35FN4O4/c1-19(34)32-10-7-22(8-11-32)30-26-14-24-27(15-25(26)29)37-13-12-33(28(24)36)18-23(35)17-31-9-6-20-4-2-3-5-21(20)16-31/h2-5,14-15,22-23,30,35H,6-13,16-18H2,1H3/t23-/m0/s1. The van der Waals surface area contributed by atoms with Crippen molar-refractivity contribution in [2.75, 3.05) is 51.2 Å². The lowest BCUT2D eigenvalue weighted by Gasteiger charge is -2.32. The Kier molecular flexibility index (Phi) is 7.62. The number of β-amino-alcohol motifs (C(OH)–C–C–N with tert-alkyl or cyclic N) is 1. The molecule has 37 heavy (non-hydrogen) atoms. The maximum atomic E-state index is 14.9. The van der Waals surface area contributed by atoms with Crippen molar-refractivity contribution in [2.45, 2.75) is 44.9 Å². The Morgan fingerprint density at radius 1 is 1.14 bits per heavy atom. The van der Waals surface area contributed by atoms with Crippen LogP contribution in [-0.2, 0) is 17.8 Å². The van der Waals surface area contributed by atoms with Crippen LogP contribution in [0, 0.1) is 5.82 Å². The van der Waals surface area contributed by atoms with Gasteiger partial charge in [-0.2, -0.15) is 0 Å². The van der Waals surface area contributed by atoms with Gasteiger partial charge in [-0.1, -0.05) is 24.3 Å². The SMILES string of the molecule is CC(=O)N1CCC(Nc2cc3c(cc2F)OCCN(C[C@@H](O)CN2CCc4ccccc4C2)C3=O)CC1. The summed E-state index contributed by atoms with van der Waals surface area (Å²) in [7, 11) is 0. The molecule has 8 nitrogen and oxygen atoms in total. The third-order valence-electron chi connectivity index (χ3n) is 7.62. The third-order valence-corrected chi connectivity index (χ3v) is 7.62. The van der Waals surface area contributed by atoms with Crippen LogP contribution in [0.2, 0.25) is 0 Å². The molecule has 1 fully saturated rings. The predicted octanol–water partition coefficient (Wildman–Crippen LogP) is 2.50. The fourth-order valence-electron chi connectivity index (χ4n) is 5.54. The molecule has 0 aliphatic carbocycles. The van der Waals surface area contributed by atoms with Crippen molar-refractivity contribution >= 4 is 17.5 Å². The number of carbonyl (C=O) groups excluding carboxylic acids is 2. The number of aliphatic hydroxyl groups is 1. The number of nitrogens with zero attached hydrogens (tertiary/aromatic N) is 3. The summed E-state index contributed by atoms with van der Waals surface area (Å²) in [5, 5.41) is 14.1. The van der Waals surface area contributed by atoms with Gasteiger partial charge >= 0.3 is 0 Å². The van der Waals surface area contributed by atoms with Crippen molar-refractivity contribution in [1.29, 1.82) is 0 Å². The summed E-state index contributed by atoms with van der Waals surface area (Å²) in [6.07, 6.45) is 1.65. The van der Waals surface area contributed by atoms with Gasteiger partial charge in [-0.3, -0.25) is 14.5 Å². The van der Waals surface area contributed by atoms with Crippen LogP contribution in [0.15, 0.2) is 36.4 Å². The molecular formula is C28H35FN4O4. The molecular weight excluding hydrogens is 475 g/mol. The number of hydrogen-bond acceptors (Lipinski definition) is 6. The van der Waals surface area contributed by atoms with Crippen molar-refractivity contribution < 1.29 is 23.8 Å². The zero-order chi connectivity index (χ0) is 25.9. The molecule has 5 rings (SSSR count). The number of nitrogens with one attached hydrogen (secondary N) is 1. The van der Waals surface area contributed by atoms with Gasteiger partial charge in [0.05, 0.1) is 23.9 Å². The maximum Gasteiger partial charge on any atom is 0.257 e. The highest BCUT2D eigenvalue weighted by Crippen LogP contribution is 2.31. The molecule has 198 valence electrons. The zero-order valence-corrected chi connectivity index (χ0v) is 21.3. The second-order valence-corrected chi connectivity index (χ2v) is 10.3. The van der Waals surface area contributed by atoms with Crippen molar-refractivity contribution in [3.8, 4) is 5.75 Å². The van der Waals surface area contributed by atoms with Crippen molar-refractivity contribution in [2.24, 2.45) is 0 Å². The number of likely N-dealkylation sites (tertiary alicyclic amines) is 1. The highest BCUT2D eigenvalue weighted by molar-refractivity contribution is 5.98. The molecule has 0 saturated carbocycles. The lowest BCUT2D eigenvalue weighted by molar-refractivity contribution is -0.129. The average Bonchev–Trinajstić information content (AvgIpc) is 3.03. The summed E-state index contributed by atoms with van der Waals surface area (Å²) in [5.41, 5.74) is 3.18. The average molecular weight is 511 g/mol. The van der Waals surface area contributed by atoms with E-state index in [2.05, 4.69) is 28.4 Å². The number of rotatable bonds is 6. The predicted molar refractivity (Wildman–Crippen MR) is 138 cm³/mol. The first-order valence-electron chi connectivity index (χ1n) is 13.1. The number of anilines is 1. The van der Waals surface area contributed by atoms with E-state index in [0.29, 0.717) is 44.6 Å². The van der Waals surface area contributed by atoms with Crippen molar-refractivity contribution in [1.82, 2.24) is 14.7 Å². The first-order valence-corrected chi connectivity index (χ1v) is 13.1. The molecule has 2 aromatic rings. The number of aliphatic hydroxyl groups excluding tert-OH is 1. The molecule has 0 bridgehead atoms. The molecule has 0 spiro atoms. The van der Waals surface area contributed by atoms with Crippen molar-refractivity contribution in [3.05, 3.63) is 58.9 Å². The molecule has 9 heteroatoms. The summed E-state index contributed by atoms with van der Waals surface area (Å²) >= 11 is 0. The number of fused-ring (bicyclic) bond motifs is 2. The molecule has 2 amide bonds. The van der Waals surface area contributed by atoms with Crippen LogP contribution >= 0.6 is 0 Å². The van der Waals surface area contributed by atoms with Crippen molar-refractivity contribution in [3.63, 3.8) is 0 Å². The number of benzene rings is 2. The van der Waals surface area contributed by atoms with Gasteiger partial charge in [0.15, 0.2) is 0 Å². The number of amides is 2. The molecule has 0 unspecified atom stereocenters. The van der Waals surface area contributed by atoms with Gasteiger partial charge in [0, 0.05) is 58.3 Å². The molecule has 3 heterocycles. The minimum absolute atomic E-state index is 0.0116. The number of ether oxygens (including phenoxy) is 1. The van der Waals surface area contributed by atoms with Gasteiger partial charge in [-0.15, -0.1) is 0 Å². The number of hydrogen-bond donors (Lipinski definition) is 2. The van der Waals surface area contributed by atoms with Crippen LogP contribution in [-0.4, -0.2) is 89.6 Å². The summed E-state index contributed by atoms with van der Waals surface area (Å²) < 4.78 is 20.6.